The zero-order valence-electron chi connectivity index (χ0n) is 13.1. The summed E-state index contributed by atoms with van der Waals surface area (Å²) in [6.07, 6.45) is 6.33. The Morgan fingerprint density at radius 2 is 2.14 bits per heavy atom. The van der Waals surface area contributed by atoms with Crippen molar-refractivity contribution < 1.29 is 4.74 Å². The lowest BCUT2D eigenvalue weighted by Crippen LogP contribution is -2.22. The van der Waals surface area contributed by atoms with E-state index < -0.39 is 8.07 Å². The van der Waals surface area contributed by atoms with Crippen molar-refractivity contribution in [3.63, 3.8) is 0 Å². The second kappa shape index (κ2) is 5.46. The Bertz CT molecular complexity index is 692. The number of aromatic nitrogens is 2. The predicted molar refractivity (Wildman–Crippen MR) is 88.6 cm³/mol. The van der Waals surface area contributed by atoms with E-state index in [9.17, 15) is 4.79 Å². The first-order chi connectivity index (χ1) is 9.96. The highest BCUT2D eigenvalue weighted by atomic mass is 28.3. The molecule has 1 N–H and O–H groups in total. The minimum Gasteiger partial charge on any atom is -0.361 e. The molecule has 2 aromatic rings. The van der Waals surface area contributed by atoms with Crippen molar-refractivity contribution in [2.75, 3.05) is 6.61 Å². The van der Waals surface area contributed by atoms with Crippen LogP contribution in [0, 0.1) is 0 Å². The molecule has 4 nitrogen and oxygen atoms in total. The van der Waals surface area contributed by atoms with Crippen LogP contribution in [0.5, 0.6) is 0 Å². The van der Waals surface area contributed by atoms with Crippen molar-refractivity contribution in [3.05, 3.63) is 34.4 Å². The number of H-pyrrole nitrogens is 1. The number of nitrogens with zero attached hydrogens (tertiary/aromatic N) is 1. The number of aromatic amines is 1. The van der Waals surface area contributed by atoms with Gasteiger partial charge >= 0.3 is 0 Å². The van der Waals surface area contributed by atoms with Crippen LogP contribution in [0.1, 0.15) is 24.3 Å². The molecule has 0 aromatic carbocycles. The van der Waals surface area contributed by atoms with Crippen molar-refractivity contribution >= 4 is 19.0 Å². The van der Waals surface area contributed by atoms with Gasteiger partial charge in [0, 0.05) is 32.5 Å². The number of hydrogen-bond donors (Lipinski definition) is 1. The molecule has 0 unspecified atom stereocenters. The molecule has 114 valence electrons. The van der Waals surface area contributed by atoms with Gasteiger partial charge in [0.25, 0.3) is 5.56 Å². The van der Waals surface area contributed by atoms with Gasteiger partial charge in [-0.1, -0.05) is 19.6 Å². The highest BCUT2D eigenvalue weighted by molar-refractivity contribution is 6.76. The molecule has 0 aliphatic heterocycles. The molecule has 2 aromatic heterocycles. The molecular formula is C16H24N2O2Si. The summed E-state index contributed by atoms with van der Waals surface area (Å²) in [4.78, 5) is 15.0. The minimum atomic E-state index is -1.06. The van der Waals surface area contributed by atoms with Crippen LogP contribution in [-0.2, 0) is 11.5 Å². The number of pyridine rings is 1. The average molecular weight is 304 g/mol. The van der Waals surface area contributed by atoms with Gasteiger partial charge in [0.15, 0.2) is 0 Å². The lowest BCUT2D eigenvalue weighted by atomic mass is 10.1. The van der Waals surface area contributed by atoms with Crippen LogP contribution in [0.2, 0.25) is 25.7 Å². The Morgan fingerprint density at radius 1 is 1.38 bits per heavy atom. The maximum atomic E-state index is 12.1. The smallest absolute Gasteiger partial charge is 0.272 e. The molecular weight excluding hydrogens is 280 g/mol. The number of fused-ring (bicyclic) bond motifs is 1. The Labute approximate surface area is 126 Å². The van der Waals surface area contributed by atoms with Gasteiger partial charge in [-0.25, -0.2) is 0 Å². The van der Waals surface area contributed by atoms with Crippen LogP contribution in [-0.4, -0.2) is 24.2 Å². The number of ether oxygens (including phenoxy) is 1. The topological polar surface area (TPSA) is 47.0 Å². The molecule has 0 spiro atoms. The third kappa shape index (κ3) is 3.30. The molecule has 1 fully saturated rings. The monoisotopic (exact) mass is 304 g/mol. The van der Waals surface area contributed by atoms with E-state index >= 15 is 0 Å². The molecule has 1 aliphatic carbocycles. The van der Waals surface area contributed by atoms with Gasteiger partial charge in [-0.15, -0.1) is 0 Å². The van der Waals surface area contributed by atoms with Crippen LogP contribution >= 0.6 is 0 Å². The van der Waals surface area contributed by atoms with Gasteiger partial charge in [0.05, 0.1) is 0 Å². The summed E-state index contributed by atoms with van der Waals surface area (Å²) in [7, 11) is -1.06. The molecule has 1 saturated carbocycles. The summed E-state index contributed by atoms with van der Waals surface area (Å²) >= 11 is 0. The van der Waals surface area contributed by atoms with Crippen molar-refractivity contribution in [1.82, 2.24) is 9.55 Å². The van der Waals surface area contributed by atoms with Crippen LogP contribution in [0.4, 0.5) is 0 Å². The van der Waals surface area contributed by atoms with Crippen molar-refractivity contribution in [2.45, 2.75) is 51.2 Å². The number of nitrogens with one attached hydrogen (secondary N) is 1. The SMILES string of the molecule is C[Si](C)(C)CCOCn1ccc2c(C3CC3)c[nH]c(=O)c21. The fourth-order valence-electron chi connectivity index (χ4n) is 2.63. The highest BCUT2D eigenvalue weighted by Gasteiger charge is 2.26. The predicted octanol–water partition coefficient (Wildman–Crippen LogP) is 3.52. The van der Waals surface area contributed by atoms with E-state index in [1.165, 1.54) is 18.4 Å². The molecule has 3 rings (SSSR count). The first-order valence-corrected chi connectivity index (χ1v) is 11.4. The third-order valence-electron chi connectivity index (χ3n) is 4.09. The van der Waals surface area contributed by atoms with E-state index in [-0.39, 0.29) is 5.56 Å². The normalized spacial score (nSPS) is 15.8. The lowest BCUT2D eigenvalue weighted by Gasteiger charge is -2.15. The Kier molecular flexibility index (Phi) is 3.80. The zero-order chi connectivity index (χ0) is 15.0. The van der Waals surface area contributed by atoms with Crippen molar-refractivity contribution in [3.8, 4) is 0 Å². The quantitative estimate of drug-likeness (QED) is 0.655. The zero-order valence-corrected chi connectivity index (χ0v) is 14.1. The summed E-state index contributed by atoms with van der Waals surface area (Å²) in [5.41, 5.74) is 2.02. The largest absolute Gasteiger partial charge is 0.361 e. The van der Waals surface area contributed by atoms with Crippen molar-refractivity contribution in [2.24, 2.45) is 0 Å². The first kappa shape index (κ1) is 14.6. The molecule has 0 bridgehead atoms. The molecule has 0 atom stereocenters. The van der Waals surface area contributed by atoms with Crippen LogP contribution in [0.3, 0.4) is 0 Å². The molecule has 0 amide bonds. The van der Waals surface area contributed by atoms with Gasteiger partial charge in [-0.2, -0.15) is 0 Å². The van der Waals surface area contributed by atoms with Crippen LogP contribution in [0.25, 0.3) is 10.9 Å². The van der Waals surface area contributed by atoms with Gasteiger partial charge in [0.2, 0.25) is 0 Å². The third-order valence-corrected chi connectivity index (χ3v) is 5.80. The highest BCUT2D eigenvalue weighted by Crippen LogP contribution is 2.42. The van der Waals surface area contributed by atoms with Gasteiger partial charge in [0.1, 0.15) is 12.2 Å². The first-order valence-electron chi connectivity index (χ1n) is 7.74. The summed E-state index contributed by atoms with van der Waals surface area (Å²) < 4.78 is 7.71. The van der Waals surface area contributed by atoms with E-state index in [2.05, 4.69) is 30.7 Å². The number of hydrogen-bond acceptors (Lipinski definition) is 2. The molecule has 21 heavy (non-hydrogen) atoms. The summed E-state index contributed by atoms with van der Waals surface area (Å²) in [6, 6.07) is 3.20. The minimum absolute atomic E-state index is 0.0202. The van der Waals surface area contributed by atoms with Crippen LogP contribution < -0.4 is 5.56 Å². The Hall–Kier alpha value is -1.33. The average Bonchev–Trinajstić information content (AvgIpc) is 3.14. The van der Waals surface area contributed by atoms with E-state index in [0.717, 1.165) is 23.6 Å². The van der Waals surface area contributed by atoms with E-state index in [1.807, 2.05) is 17.0 Å². The summed E-state index contributed by atoms with van der Waals surface area (Å²) in [6.45, 7) is 8.26. The fraction of sp³-hybridized carbons (Fsp3) is 0.562. The van der Waals surface area contributed by atoms with Crippen LogP contribution in [0.15, 0.2) is 23.3 Å². The summed E-state index contributed by atoms with van der Waals surface area (Å²) in [5.74, 6) is 0.632. The number of rotatable bonds is 6. The van der Waals surface area contributed by atoms with E-state index in [1.54, 1.807) is 0 Å². The Balaban J connectivity index is 1.77. The summed E-state index contributed by atoms with van der Waals surface area (Å²) in [5, 5.41) is 1.09. The molecule has 2 heterocycles. The van der Waals surface area contributed by atoms with Gasteiger partial charge < -0.3 is 14.3 Å². The second-order valence-electron chi connectivity index (χ2n) is 7.24. The van der Waals surface area contributed by atoms with Crippen molar-refractivity contribution in [1.29, 1.82) is 0 Å². The molecule has 5 heteroatoms. The molecule has 0 radical (unpaired) electrons. The van der Waals surface area contributed by atoms with Gasteiger partial charge in [-0.3, -0.25) is 4.79 Å². The molecule has 1 aliphatic rings. The Morgan fingerprint density at radius 3 is 2.81 bits per heavy atom. The van der Waals surface area contributed by atoms with Gasteiger partial charge in [-0.05, 0) is 36.4 Å². The fourth-order valence-corrected chi connectivity index (χ4v) is 3.39. The van der Waals surface area contributed by atoms with E-state index in [4.69, 9.17) is 4.74 Å². The standard InChI is InChI=1S/C16H24N2O2Si/c1-21(2,3)9-8-20-11-18-7-6-13-14(12-4-5-12)10-17-16(19)15(13)18/h6-7,10,12H,4-5,8-9,11H2,1-3H3,(H,17,19). The second-order valence-corrected chi connectivity index (χ2v) is 12.9. The lowest BCUT2D eigenvalue weighted by molar-refractivity contribution is 0.0901. The van der Waals surface area contributed by atoms with E-state index in [0.29, 0.717) is 12.6 Å². The molecule has 0 saturated heterocycles. The maximum absolute atomic E-state index is 12.1. The maximum Gasteiger partial charge on any atom is 0.272 e.